The smallest absolute Gasteiger partial charge is 0.450 e. The van der Waals surface area contributed by atoms with Crippen LogP contribution in [0.2, 0.25) is 5.02 Å². The molecule has 11 heteroatoms. The van der Waals surface area contributed by atoms with Gasteiger partial charge in [-0.1, -0.05) is 11.6 Å². The minimum Gasteiger partial charge on any atom is -0.492 e. The first-order chi connectivity index (χ1) is 16.7. The van der Waals surface area contributed by atoms with Crippen LogP contribution in [0.4, 0.5) is 18.9 Å². The van der Waals surface area contributed by atoms with Crippen LogP contribution in [0.5, 0.6) is 5.75 Å². The average Bonchev–Trinajstić information content (AvgIpc) is 3.45. The molecule has 2 heterocycles. The fraction of sp³-hybridized carbons (Fsp3) is 0.167. The van der Waals surface area contributed by atoms with Crippen molar-refractivity contribution in [2.24, 2.45) is 12.8 Å². The van der Waals surface area contributed by atoms with Crippen molar-refractivity contribution in [3.05, 3.63) is 77.1 Å². The number of anilines is 1. The summed E-state index contributed by atoms with van der Waals surface area (Å²) in [6.07, 6.45) is -3.29. The van der Waals surface area contributed by atoms with Crippen molar-refractivity contribution in [1.29, 1.82) is 0 Å². The third-order valence-electron chi connectivity index (χ3n) is 5.07. The molecule has 7 nitrogen and oxygen atoms in total. The molecule has 2 aromatic carbocycles. The topological polar surface area (TPSA) is 95.3 Å². The van der Waals surface area contributed by atoms with Gasteiger partial charge >= 0.3 is 6.18 Å². The number of rotatable bonds is 7. The Hall–Kier alpha value is -3.76. The van der Waals surface area contributed by atoms with Crippen LogP contribution in [0.3, 0.4) is 0 Å². The summed E-state index contributed by atoms with van der Waals surface area (Å²) in [5.74, 6) is -2.00. The molecule has 0 atom stereocenters. The monoisotopic (exact) mass is 504 g/mol. The van der Waals surface area contributed by atoms with E-state index in [1.54, 1.807) is 36.1 Å². The second-order valence-electron chi connectivity index (χ2n) is 7.50. The van der Waals surface area contributed by atoms with Crippen LogP contribution >= 0.6 is 11.6 Å². The summed E-state index contributed by atoms with van der Waals surface area (Å²) in [5, 5.41) is 7.07. The van der Waals surface area contributed by atoms with Crippen molar-refractivity contribution in [2.75, 3.05) is 18.5 Å². The zero-order valence-corrected chi connectivity index (χ0v) is 19.2. The number of carbonyl (C=O) groups excluding carboxylic acids is 1. The first kappa shape index (κ1) is 24.4. The molecule has 1 amide bonds. The number of nitrogens with two attached hydrogens (primary N) is 1. The average molecular weight is 505 g/mol. The Labute approximate surface area is 203 Å². The van der Waals surface area contributed by atoms with Gasteiger partial charge in [0.05, 0.1) is 11.3 Å². The zero-order valence-electron chi connectivity index (χ0n) is 18.4. The Morgan fingerprint density at radius 2 is 1.91 bits per heavy atom. The van der Waals surface area contributed by atoms with Gasteiger partial charge in [0.25, 0.3) is 5.91 Å². The molecule has 0 saturated carbocycles. The molecule has 182 valence electrons. The molecule has 4 rings (SSSR count). The van der Waals surface area contributed by atoms with Crippen molar-refractivity contribution in [1.82, 2.24) is 9.78 Å². The van der Waals surface area contributed by atoms with Gasteiger partial charge in [0.2, 0.25) is 5.76 Å². The maximum atomic E-state index is 13.7. The highest BCUT2D eigenvalue weighted by Crippen LogP contribution is 2.38. The first-order valence-corrected chi connectivity index (χ1v) is 10.8. The van der Waals surface area contributed by atoms with Gasteiger partial charge in [0.1, 0.15) is 18.1 Å². The summed E-state index contributed by atoms with van der Waals surface area (Å²) in [6.45, 7) is 0.550. The van der Waals surface area contributed by atoms with E-state index in [1.165, 1.54) is 30.3 Å². The number of ether oxygens (including phenoxy) is 1. The van der Waals surface area contributed by atoms with Gasteiger partial charge in [0, 0.05) is 41.6 Å². The second kappa shape index (κ2) is 9.85. The third-order valence-corrected chi connectivity index (χ3v) is 5.32. The highest BCUT2D eigenvalue weighted by molar-refractivity contribution is 6.30. The number of nitrogens with zero attached hydrogens (tertiary/aromatic N) is 2. The van der Waals surface area contributed by atoms with E-state index in [9.17, 15) is 18.0 Å². The van der Waals surface area contributed by atoms with E-state index in [2.05, 4.69) is 10.4 Å². The lowest BCUT2D eigenvalue weighted by molar-refractivity contribution is -0.153. The van der Waals surface area contributed by atoms with Gasteiger partial charge in [-0.25, -0.2) is 0 Å². The standard InChI is InChI=1S/C24H20ClF3N4O3/c1-32-19(8-10-30-32)17-12-16(6-7-20(17)34-11-9-29)31-23(33)18-13-21(35-22(18)24(26,27)28)14-2-4-15(25)5-3-14/h2-8,10,12-13H,9,11,29H2,1H3,(H,31,33). The second-order valence-corrected chi connectivity index (χ2v) is 7.94. The highest BCUT2D eigenvalue weighted by atomic mass is 35.5. The minimum absolute atomic E-state index is 0.111. The molecule has 0 unspecified atom stereocenters. The summed E-state index contributed by atoms with van der Waals surface area (Å²) in [7, 11) is 1.73. The van der Waals surface area contributed by atoms with Crippen molar-refractivity contribution >= 4 is 23.2 Å². The first-order valence-electron chi connectivity index (χ1n) is 10.4. The lowest BCUT2D eigenvalue weighted by Gasteiger charge is -2.14. The molecular weight excluding hydrogens is 485 g/mol. The Bertz CT molecular complexity index is 1350. The van der Waals surface area contributed by atoms with Crippen LogP contribution in [-0.4, -0.2) is 28.8 Å². The van der Waals surface area contributed by atoms with Crippen molar-refractivity contribution in [3.8, 4) is 28.3 Å². The fourth-order valence-electron chi connectivity index (χ4n) is 3.47. The summed E-state index contributed by atoms with van der Waals surface area (Å²) in [5.41, 5.74) is 6.75. The molecule has 0 fully saturated rings. The lowest BCUT2D eigenvalue weighted by atomic mass is 10.1. The molecule has 0 spiro atoms. The summed E-state index contributed by atoms with van der Waals surface area (Å²) >= 11 is 5.85. The number of benzene rings is 2. The predicted octanol–water partition coefficient (Wildman–Crippen LogP) is 5.61. The largest absolute Gasteiger partial charge is 0.492 e. The van der Waals surface area contributed by atoms with E-state index in [0.29, 0.717) is 34.1 Å². The van der Waals surface area contributed by atoms with Crippen LogP contribution in [0.1, 0.15) is 16.1 Å². The van der Waals surface area contributed by atoms with Gasteiger partial charge in [0.15, 0.2) is 0 Å². The van der Waals surface area contributed by atoms with Crippen LogP contribution in [0.25, 0.3) is 22.6 Å². The molecule has 0 radical (unpaired) electrons. The molecule has 0 aliphatic rings. The van der Waals surface area contributed by atoms with E-state index < -0.39 is 23.4 Å². The number of hydrogen-bond acceptors (Lipinski definition) is 5. The molecule has 0 aliphatic carbocycles. The van der Waals surface area contributed by atoms with E-state index in [1.807, 2.05) is 0 Å². The molecule has 4 aromatic rings. The van der Waals surface area contributed by atoms with Gasteiger partial charge in [-0.2, -0.15) is 18.3 Å². The van der Waals surface area contributed by atoms with Gasteiger partial charge in [-0.05, 0) is 54.6 Å². The number of alkyl halides is 3. The van der Waals surface area contributed by atoms with E-state index in [-0.39, 0.29) is 18.1 Å². The molecule has 3 N–H and O–H groups in total. The summed E-state index contributed by atoms with van der Waals surface area (Å²) in [4.78, 5) is 12.9. The van der Waals surface area contributed by atoms with Crippen molar-refractivity contribution < 1.29 is 27.1 Å². The van der Waals surface area contributed by atoms with Gasteiger partial charge in [-0.3, -0.25) is 9.48 Å². The molecule has 0 bridgehead atoms. The number of aromatic nitrogens is 2. The SMILES string of the molecule is Cn1nccc1-c1cc(NC(=O)c2cc(-c3ccc(Cl)cc3)oc2C(F)(F)F)ccc1OCCN. The van der Waals surface area contributed by atoms with Crippen LogP contribution in [0.15, 0.2) is 65.2 Å². The number of nitrogens with one attached hydrogen (secondary N) is 1. The highest BCUT2D eigenvalue weighted by Gasteiger charge is 2.40. The van der Waals surface area contributed by atoms with Crippen LogP contribution in [-0.2, 0) is 13.2 Å². The quantitative estimate of drug-likeness (QED) is 0.341. The van der Waals surface area contributed by atoms with Gasteiger partial charge in [-0.15, -0.1) is 0 Å². The number of hydrogen-bond donors (Lipinski definition) is 2. The van der Waals surface area contributed by atoms with E-state index >= 15 is 0 Å². The lowest BCUT2D eigenvalue weighted by Crippen LogP contribution is -2.17. The normalized spacial score (nSPS) is 11.5. The molecule has 2 aromatic heterocycles. The number of carbonyl (C=O) groups is 1. The predicted molar refractivity (Wildman–Crippen MR) is 125 cm³/mol. The number of amides is 1. The Kier molecular flexibility index (Phi) is 6.86. The maximum absolute atomic E-state index is 13.7. The number of aryl methyl sites for hydroxylation is 1. The minimum atomic E-state index is -4.88. The molecule has 35 heavy (non-hydrogen) atoms. The van der Waals surface area contributed by atoms with E-state index in [0.717, 1.165) is 6.07 Å². The third kappa shape index (κ3) is 5.33. The Morgan fingerprint density at radius 1 is 1.17 bits per heavy atom. The number of furan rings is 1. The number of halogens is 4. The Morgan fingerprint density at radius 3 is 2.54 bits per heavy atom. The summed E-state index contributed by atoms with van der Waals surface area (Å²) < 4.78 is 53.4. The van der Waals surface area contributed by atoms with Crippen LogP contribution in [0, 0.1) is 0 Å². The molecule has 0 saturated heterocycles. The summed E-state index contributed by atoms with van der Waals surface area (Å²) in [6, 6.07) is 13.6. The maximum Gasteiger partial charge on any atom is 0.450 e. The molecular formula is C24H20ClF3N4O3. The van der Waals surface area contributed by atoms with E-state index in [4.69, 9.17) is 26.5 Å². The van der Waals surface area contributed by atoms with Crippen molar-refractivity contribution in [2.45, 2.75) is 6.18 Å². The van der Waals surface area contributed by atoms with Gasteiger partial charge < -0.3 is 20.2 Å². The zero-order chi connectivity index (χ0) is 25.2. The molecule has 0 aliphatic heterocycles. The Balaban J connectivity index is 1.69. The van der Waals surface area contributed by atoms with Crippen LogP contribution < -0.4 is 15.8 Å². The fourth-order valence-corrected chi connectivity index (χ4v) is 3.59. The van der Waals surface area contributed by atoms with Crippen molar-refractivity contribution in [3.63, 3.8) is 0 Å².